The monoisotopic (exact) mass is 308 g/mol. The van der Waals surface area contributed by atoms with Crippen molar-refractivity contribution in [2.45, 2.75) is 47.0 Å². The van der Waals surface area contributed by atoms with E-state index in [1.807, 2.05) is 6.08 Å². The zero-order valence-electron chi connectivity index (χ0n) is 15.3. The van der Waals surface area contributed by atoms with Gasteiger partial charge in [-0.1, -0.05) is 80.7 Å². The van der Waals surface area contributed by atoms with Crippen LogP contribution in [0.2, 0.25) is 0 Å². The van der Waals surface area contributed by atoms with Gasteiger partial charge >= 0.3 is 0 Å². The van der Waals surface area contributed by atoms with Gasteiger partial charge in [0, 0.05) is 5.41 Å². The largest absolute Gasteiger partial charge is 0.102 e. The van der Waals surface area contributed by atoms with Crippen LogP contribution in [0.25, 0.3) is 0 Å². The molecule has 1 aliphatic rings. The number of rotatable bonds is 8. The lowest BCUT2D eigenvalue weighted by molar-refractivity contribution is 0.626. The molecule has 2 unspecified atom stereocenters. The van der Waals surface area contributed by atoms with Gasteiger partial charge in [0.2, 0.25) is 0 Å². The highest BCUT2D eigenvalue weighted by molar-refractivity contribution is 5.34. The van der Waals surface area contributed by atoms with Gasteiger partial charge in [-0.05, 0) is 50.2 Å². The second-order valence-corrected chi connectivity index (χ2v) is 6.45. The molecular weight excluding hydrogens is 276 g/mol. The third-order valence-corrected chi connectivity index (χ3v) is 4.32. The van der Waals surface area contributed by atoms with Gasteiger partial charge in [-0.15, -0.1) is 6.58 Å². The highest BCUT2D eigenvalue weighted by atomic mass is 14.2. The van der Waals surface area contributed by atoms with E-state index in [4.69, 9.17) is 0 Å². The standard InChI is InChI=1S/C23H32/c1-6-9-13-22(14-10-7-2)20(4)15-16-21-12-11-18-23(5,8-3)19-17-21/h6,8-14,17-20H,3,7,15-16H2,1-2,4-5H3/b9-6-,14-10-,22-13+. The van der Waals surface area contributed by atoms with Gasteiger partial charge in [0.05, 0.1) is 0 Å². The van der Waals surface area contributed by atoms with Crippen LogP contribution in [0.5, 0.6) is 0 Å². The minimum atomic E-state index is -0.0231. The zero-order chi connectivity index (χ0) is 17.1. The predicted octanol–water partition coefficient (Wildman–Crippen LogP) is 7.12. The Balaban J connectivity index is 2.71. The SMILES string of the molecule is C=CC1(C)C=CC=C(CCC(C)C(/C=C\CC)=C/C=C\C)C=C1. The average Bonchev–Trinajstić information content (AvgIpc) is 2.75. The number of hydrogen-bond acceptors (Lipinski definition) is 0. The first-order chi connectivity index (χ1) is 11.0. The molecule has 0 heterocycles. The molecule has 0 amide bonds. The Morgan fingerprint density at radius 3 is 2.78 bits per heavy atom. The van der Waals surface area contributed by atoms with Crippen molar-refractivity contribution in [2.24, 2.45) is 11.3 Å². The van der Waals surface area contributed by atoms with Gasteiger partial charge in [-0.2, -0.15) is 0 Å². The normalized spacial score (nSPS) is 23.3. The van der Waals surface area contributed by atoms with Gasteiger partial charge < -0.3 is 0 Å². The second-order valence-electron chi connectivity index (χ2n) is 6.45. The van der Waals surface area contributed by atoms with Crippen LogP contribution in [0, 0.1) is 11.3 Å². The molecule has 0 aliphatic heterocycles. The molecule has 1 rings (SSSR count). The first-order valence-corrected chi connectivity index (χ1v) is 8.75. The smallest absolute Gasteiger partial charge is 0.0217 e. The van der Waals surface area contributed by atoms with Gasteiger partial charge in [-0.25, -0.2) is 0 Å². The summed E-state index contributed by atoms with van der Waals surface area (Å²) in [5.74, 6) is 0.557. The molecule has 0 spiro atoms. The lowest BCUT2D eigenvalue weighted by Crippen LogP contribution is -2.03. The van der Waals surface area contributed by atoms with E-state index in [0.29, 0.717) is 5.92 Å². The fourth-order valence-electron chi connectivity index (χ4n) is 2.47. The van der Waals surface area contributed by atoms with Crippen LogP contribution >= 0.6 is 0 Å². The molecule has 0 bridgehead atoms. The lowest BCUT2D eigenvalue weighted by Gasteiger charge is -2.15. The predicted molar refractivity (Wildman–Crippen MR) is 105 cm³/mol. The Kier molecular flexibility index (Phi) is 8.40. The summed E-state index contributed by atoms with van der Waals surface area (Å²) in [6.07, 6.45) is 27.4. The van der Waals surface area contributed by atoms with Crippen LogP contribution < -0.4 is 0 Å². The number of allylic oxidation sites excluding steroid dienone is 13. The van der Waals surface area contributed by atoms with Crippen LogP contribution in [-0.2, 0) is 0 Å². The van der Waals surface area contributed by atoms with Crippen molar-refractivity contribution in [1.82, 2.24) is 0 Å². The summed E-state index contributed by atoms with van der Waals surface area (Å²) in [6, 6.07) is 0. The Morgan fingerprint density at radius 1 is 1.35 bits per heavy atom. The summed E-state index contributed by atoms with van der Waals surface area (Å²) in [5, 5.41) is 0. The van der Waals surface area contributed by atoms with Crippen LogP contribution in [-0.4, -0.2) is 0 Å². The minimum absolute atomic E-state index is 0.0231. The summed E-state index contributed by atoms with van der Waals surface area (Å²) in [6.45, 7) is 12.7. The molecule has 2 atom stereocenters. The molecule has 0 fully saturated rings. The summed E-state index contributed by atoms with van der Waals surface area (Å²) in [7, 11) is 0. The topological polar surface area (TPSA) is 0 Å². The summed E-state index contributed by atoms with van der Waals surface area (Å²) in [4.78, 5) is 0. The van der Waals surface area contributed by atoms with E-state index in [-0.39, 0.29) is 5.41 Å². The summed E-state index contributed by atoms with van der Waals surface area (Å²) in [5.41, 5.74) is 2.78. The van der Waals surface area contributed by atoms with Crippen molar-refractivity contribution >= 4 is 0 Å². The van der Waals surface area contributed by atoms with E-state index in [2.05, 4.69) is 95.0 Å². The Labute approximate surface area is 143 Å². The van der Waals surface area contributed by atoms with Crippen LogP contribution in [0.15, 0.2) is 84.6 Å². The van der Waals surface area contributed by atoms with Crippen molar-refractivity contribution < 1.29 is 0 Å². The molecular formula is C23H32. The average molecular weight is 309 g/mol. The first kappa shape index (κ1) is 19.2. The number of hydrogen-bond donors (Lipinski definition) is 0. The molecule has 124 valence electrons. The quantitative estimate of drug-likeness (QED) is 0.331. The van der Waals surface area contributed by atoms with Crippen molar-refractivity contribution in [3.05, 3.63) is 84.6 Å². The van der Waals surface area contributed by atoms with Crippen LogP contribution in [0.4, 0.5) is 0 Å². The molecule has 0 aromatic rings. The van der Waals surface area contributed by atoms with E-state index in [1.54, 1.807) is 0 Å². The summed E-state index contributed by atoms with van der Waals surface area (Å²) < 4.78 is 0. The van der Waals surface area contributed by atoms with E-state index in [1.165, 1.54) is 11.1 Å². The molecule has 1 aliphatic carbocycles. The molecule has 0 radical (unpaired) electrons. The highest BCUT2D eigenvalue weighted by Crippen LogP contribution is 2.27. The fourth-order valence-corrected chi connectivity index (χ4v) is 2.47. The molecule has 0 N–H and O–H groups in total. The fraction of sp³-hybridized carbons (Fsp3) is 0.391. The van der Waals surface area contributed by atoms with E-state index >= 15 is 0 Å². The summed E-state index contributed by atoms with van der Waals surface area (Å²) >= 11 is 0. The maximum absolute atomic E-state index is 3.93. The van der Waals surface area contributed by atoms with Crippen molar-refractivity contribution in [2.75, 3.05) is 0 Å². The zero-order valence-corrected chi connectivity index (χ0v) is 15.3. The molecule has 0 heteroatoms. The lowest BCUT2D eigenvalue weighted by atomic mass is 9.89. The molecule has 23 heavy (non-hydrogen) atoms. The van der Waals surface area contributed by atoms with Crippen LogP contribution in [0.3, 0.4) is 0 Å². The van der Waals surface area contributed by atoms with E-state index in [0.717, 1.165) is 19.3 Å². The van der Waals surface area contributed by atoms with Gasteiger partial charge in [0.25, 0.3) is 0 Å². The van der Waals surface area contributed by atoms with E-state index < -0.39 is 0 Å². The second kappa shape index (κ2) is 10.0. The molecule has 0 aromatic carbocycles. The van der Waals surface area contributed by atoms with E-state index in [9.17, 15) is 0 Å². The van der Waals surface area contributed by atoms with Gasteiger partial charge in [0.15, 0.2) is 0 Å². The Morgan fingerprint density at radius 2 is 2.13 bits per heavy atom. The van der Waals surface area contributed by atoms with Crippen molar-refractivity contribution in [3.63, 3.8) is 0 Å². The molecule has 0 saturated carbocycles. The molecule has 0 nitrogen and oxygen atoms in total. The maximum atomic E-state index is 3.93. The highest BCUT2D eigenvalue weighted by Gasteiger charge is 2.13. The van der Waals surface area contributed by atoms with Gasteiger partial charge in [0.1, 0.15) is 0 Å². The third-order valence-electron chi connectivity index (χ3n) is 4.32. The first-order valence-electron chi connectivity index (χ1n) is 8.75. The minimum Gasteiger partial charge on any atom is -0.102 e. The van der Waals surface area contributed by atoms with Crippen LogP contribution in [0.1, 0.15) is 47.0 Å². The van der Waals surface area contributed by atoms with Crippen molar-refractivity contribution in [1.29, 1.82) is 0 Å². The maximum Gasteiger partial charge on any atom is 0.0217 e. The Hall–Kier alpha value is -1.82. The van der Waals surface area contributed by atoms with Gasteiger partial charge in [-0.3, -0.25) is 0 Å². The third kappa shape index (κ3) is 6.86. The molecule has 0 saturated heterocycles. The van der Waals surface area contributed by atoms with Crippen molar-refractivity contribution in [3.8, 4) is 0 Å². The molecule has 0 aromatic heterocycles. The Bertz CT molecular complexity index is 549.